The standard InChI is InChI=1S/C15H13ClN2O3/c1-2-20-14(19)13-8-7-10(21-13)9-18-12-6-4-3-5-11(12)17-15(18)16/h3-8H,2,9H2,1H3. The Bertz CT molecular complexity index is 791. The van der Waals surface area contributed by atoms with Crippen molar-refractivity contribution < 1.29 is 13.9 Å². The number of fused-ring (bicyclic) bond motifs is 1. The monoisotopic (exact) mass is 304 g/mol. The maximum atomic E-state index is 11.6. The van der Waals surface area contributed by atoms with Crippen molar-refractivity contribution in [2.24, 2.45) is 0 Å². The third-order valence-electron chi connectivity index (χ3n) is 3.06. The normalized spacial score (nSPS) is 11.0. The number of aromatic nitrogens is 2. The fourth-order valence-electron chi connectivity index (χ4n) is 2.13. The van der Waals surface area contributed by atoms with Crippen LogP contribution in [0.1, 0.15) is 23.2 Å². The Balaban J connectivity index is 1.89. The number of furan rings is 1. The van der Waals surface area contributed by atoms with Crippen molar-refractivity contribution in [3.05, 3.63) is 53.2 Å². The summed E-state index contributed by atoms with van der Waals surface area (Å²) in [6.07, 6.45) is 0. The van der Waals surface area contributed by atoms with E-state index in [1.54, 1.807) is 19.1 Å². The van der Waals surface area contributed by atoms with Gasteiger partial charge in [0.15, 0.2) is 0 Å². The van der Waals surface area contributed by atoms with Crippen LogP contribution in [0, 0.1) is 0 Å². The summed E-state index contributed by atoms with van der Waals surface area (Å²) >= 11 is 6.16. The van der Waals surface area contributed by atoms with Crippen LogP contribution in [0.5, 0.6) is 0 Å². The predicted molar refractivity (Wildman–Crippen MR) is 78.5 cm³/mol. The van der Waals surface area contributed by atoms with Crippen molar-refractivity contribution in [2.75, 3.05) is 6.61 Å². The summed E-state index contributed by atoms with van der Waals surface area (Å²) in [4.78, 5) is 15.9. The van der Waals surface area contributed by atoms with Gasteiger partial charge in [0.25, 0.3) is 0 Å². The van der Waals surface area contributed by atoms with E-state index in [1.165, 1.54) is 0 Å². The molecule has 3 rings (SSSR count). The number of carbonyl (C=O) groups is 1. The maximum Gasteiger partial charge on any atom is 0.374 e. The zero-order valence-corrected chi connectivity index (χ0v) is 12.1. The number of ether oxygens (including phenoxy) is 1. The van der Waals surface area contributed by atoms with Gasteiger partial charge in [0.1, 0.15) is 5.76 Å². The molecule has 0 N–H and O–H groups in total. The van der Waals surface area contributed by atoms with Crippen molar-refractivity contribution in [2.45, 2.75) is 13.5 Å². The van der Waals surface area contributed by atoms with Gasteiger partial charge in [-0.05, 0) is 42.8 Å². The van der Waals surface area contributed by atoms with Gasteiger partial charge in [-0.15, -0.1) is 0 Å². The third kappa shape index (κ3) is 2.64. The highest BCUT2D eigenvalue weighted by Gasteiger charge is 2.14. The topological polar surface area (TPSA) is 57.3 Å². The summed E-state index contributed by atoms with van der Waals surface area (Å²) in [6, 6.07) is 11.0. The number of esters is 1. The molecule has 0 bridgehead atoms. The molecule has 0 radical (unpaired) electrons. The van der Waals surface area contributed by atoms with Crippen LogP contribution in [0.3, 0.4) is 0 Å². The van der Waals surface area contributed by atoms with Gasteiger partial charge in [0, 0.05) is 0 Å². The lowest BCUT2D eigenvalue weighted by Crippen LogP contribution is -2.03. The van der Waals surface area contributed by atoms with E-state index in [9.17, 15) is 4.79 Å². The first-order valence-corrected chi connectivity index (χ1v) is 6.93. The minimum atomic E-state index is -0.467. The SMILES string of the molecule is CCOC(=O)c1ccc(Cn2c(Cl)nc3ccccc32)o1. The van der Waals surface area contributed by atoms with Crippen LogP contribution in [0.4, 0.5) is 0 Å². The van der Waals surface area contributed by atoms with Crippen LogP contribution in [0.15, 0.2) is 40.8 Å². The molecule has 21 heavy (non-hydrogen) atoms. The predicted octanol–water partition coefficient (Wildman–Crippen LogP) is 3.51. The van der Waals surface area contributed by atoms with Crippen LogP contribution >= 0.6 is 11.6 Å². The van der Waals surface area contributed by atoms with E-state index in [-0.39, 0.29) is 5.76 Å². The molecule has 0 spiro atoms. The number of benzene rings is 1. The molecule has 2 heterocycles. The number of imidazole rings is 1. The smallest absolute Gasteiger partial charge is 0.374 e. The molecule has 0 saturated carbocycles. The van der Waals surface area contributed by atoms with Gasteiger partial charge in [-0.25, -0.2) is 9.78 Å². The zero-order chi connectivity index (χ0) is 14.8. The molecule has 0 unspecified atom stereocenters. The van der Waals surface area contributed by atoms with Gasteiger partial charge >= 0.3 is 5.97 Å². The van der Waals surface area contributed by atoms with Crippen molar-refractivity contribution in [1.82, 2.24) is 9.55 Å². The summed E-state index contributed by atoms with van der Waals surface area (Å²) in [5.41, 5.74) is 1.73. The van der Waals surface area contributed by atoms with Crippen molar-refractivity contribution in [3.8, 4) is 0 Å². The van der Waals surface area contributed by atoms with Gasteiger partial charge in [0.2, 0.25) is 11.0 Å². The van der Waals surface area contributed by atoms with E-state index in [0.29, 0.717) is 24.2 Å². The Morgan fingerprint density at radius 1 is 1.33 bits per heavy atom. The molecule has 2 aromatic heterocycles. The van der Waals surface area contributed by atoms with Crippen molar-refractivity contribution in [1.29, 1.82) is 0 Å². The molecule has 0 aliphatic carbocycles. The molecular formula is C15H13ClN2O3. The second kappa shape index (κ2) is 5.61. The first-order chi connectivity index (χ1) is 10.2. The van der Waals surface area contributed by atoms with E-state index in [1.807, 2.05) is 28.8 Å². The second-order valence-electron chi connectivity index (χ2n) is 4.44. The van der Waals surface area contributed by atoms with Crippen molar-refractivity contribution >= 4 is 28.6 Å². The first-order valence-electron chi connectivity index (χ1n) is 6.55. The van der Waals surface area contributed by atoms with Gasteiger partial charge < -0.3 is 13.7 Å². The number of para-hydroxylation sites is 2. The number of nitrogens with zero attached hydrogens (tertiary/aromatic N) is 2. The van der Waals surface area contributed by atoms with Crippen LogP contribution in [0.25, 0.3) is 11.0 Å². The molecule has 0 aliphatic rings. The number of halogens is 1. The largest absolute Gasteiger partial charge is 0.460 e. The van der Waals surface area contributed by atoms with Gasteiger partial charge in [-0.2, -0.15) is 0 Å². The Kier molecular flexibility index (Phi) is 3.66. The Morgan fingerprint density at radius 3 is 2.95 bits per heavy atom. The molecule has 0 fully saturated rings. The minimum absolute atomic E-state index is 0.187. The number of hydrogen-bond acceptors (Lipinski definition) is 4. The summed E-state index contributed by atoms with van der Waals surface area (Å²) in [5.74, 6) is 0.334. The molecule has 3 aromatic rings. The zero-order valence-electron chi connectivity index (χ0n) is 11.4. The highest BCUT2D eigenvalue weighted by Crippen LogP contribution is 2.21. The highest BCUT2D eigenvalue weighted by atomic mass is 35.5. The lowest BCUT2D eigenvalue weighted by molar-refractivity contribution is 0.0488. The van der Waals surface area contributed by atoms with E-state index in [0.717, 1.165) is 11.0 Å². The van der Waals surface area contributed by atoms with Crippen LogP contribution in [0.2, 0.25) is 5.28 Å². The summed E-state index contributed by atoms with van der Waals surface area (Å²) < 4.78 is 12.2. The third-order valence-corrected chi connectivity index (χ3v) is 3.35. The minimum Gasteiger partial charge on any atom is -0.460 e. The van der Waals surface area contributed by atoms with Gasteiger partial charge in [-0.1, -0.05) is 12.1 Å². The average Bonchev–Trinajstić information content (AvgIpc) is 3.05. The fraction of sp³-hybridized carbons (Fsp3) is 0.200. The second-order valence-corrected chi connectivity index (χ2v) is 4.78. The Morgan fingerprint density at radius 2 is 2.14 bits per heavy atom. The number of hydrogen-bond donors (Lipinski definition) is 0. The van der Waals surface area contributed by atoms with E-state index in [2.05, 4.69) is 4.98 Å². The average molecular weight is 305 g/mol. The van der Waals surface area contributed by atoms with E-state index in [4.69, 9.17) is 20.8 Å². The molecule has 5 nitrogen and oxygen atoms in total. The van der Waals surface area contributed by atoms with Crippen LogP contribution in [-0.4, -0.2) is 22.1 Å². The lowest BCUT2D eigenvalue weighted by Gasteiger charge is -2.03. The Hall–Kier alpha value is -2.27. The van der Waals surface area contributed by atoms with Crippen LogP contribution < -0.4 is 0 Å². The van der Waals surface area contributed by atoms with E-state index < -0.39 is 5.97 Å². The first kappa shape index (κ1) is 13.7. The quantitative estimate of drug-likeness (QED) is 0.692. The molecule has 108 valence electrons. The highest BCUT2D eigenvalue weighted by molar-refractivity contribution is 6.29. The summed E-state index contributed by atoms with van der Waals surface area (Å²) in [6.45, 7) is 2.46. The van der Waals surface area contributed by atoms with Gasteiger partial charge in [0.05, 0.1) is 24.2 Å². The fourth-order valence-corrected chi connectivity index (χ4v) is 2.37. The summed E-state index contributed by atoms with van der Waals surface area (Å²) in [7, 11) is 0. The lowest BCUT2D eigenvalue weighted by atomic mass is 10.3. The number of rotatable bonds is 4. The van der Waals surface area contributed by atoms with Crippen molar-refractivity contribution in [3.63, 3.8) is 0 Å². The molecule has 0 amide bonds. The van der Waals surface area contributed by atoms with Crippen LogP contribution in [-0.2, 0) is 11.3 Å². The molecule has 1 aromatic carbocycles. The summed E-state index contributed by atoms with van der Waals surface area (Å²) in [5, 5.41) is 0.380. The van der Waals surface area contributed by atoms with Gasteiger partial charge in [-0.3, -0.25) is 0 Å². The number of carbonyl (C=O) groups excluding carboxylic acids is 1. The maximum absolute atomic E-state index is 11.6. The molecular weight excluding hydrogens is 292 g/mol. The van der Waals surface area contributed by atoms with E-state index >= 15 is 0 Å². The Labute approximate surface area is 126 Å². The molecule has 6 heteroatoms. The molecule has 0 saturated heterocycles. The molecule has 0 aliphatic heterocycles. The molecule has 0 atom stereocenters.